The summed E-state index contributed by atoms with van der Waals surface area (Å²) in [5.41, 5.74) is -0.154. The number of anilines is 1. The van der Waals surface area contributed by atoms with Crippen molar-refractivity contribution in [2.24, 2.45) is 0 Å². The van der Waals surface area contributed by atoms with E-state index in [-0.39, 0.29) is 36.0 Å². The number of aromatic nitrogens is 1. The number of hydrogen-bond acceptors (Lipinski definition) is 6. The molecule has 1 unspecified atom stereocenters. The van der Waals surface area contributed by atoms with Gasteiger partial charge in [0.2, 0.25) is 11.8 Å². The van der Waals surface area contributed by atoms with Gasteiger partial charge in [-0.05, 0) is 43.2 Å². The zero-order valence-electron chi connectivity index (χ0n) is 16.1. The second-order valence-electron chi connectivity index (χ2n) is 7.56. The molecule has 0 saturated carbocycles. The predicted molar refractivity (Wildman–Crippen MR) is 98.9 cm³/mol. The molecule has 1 atom stereocenters. The highest BCUT2D eigenvalue weighted by Crippen LogP contribution is 2.43. The fourth-order valence-electron chi connectivity index (χ4n) is 3.34. The van der Waals surface area contributed by atoms with Crippen LogP contribution in [0.1, 0.15) is 31.1 Å². The van der Waals surface area contributed by atoms with E-state index in [1.807, 2.05) is 0 Å². The molecule has 1 saturated heterocycles. The topological polar surface area (TPSA) is 80.8 Å². The summed E-state index contributed by atoms with van der Waals surface area (Å²) in [6.07, 6.45) is -5.19. The molecule has 0 aliphatic carbocycles. The number of amides is 2. The van der Waals surface area contributed by atoms with Crippen molar-refractivity contribution >= 4 is 17.5 Å². The number of pyridine rings is 1. The number of carbonyl (C=O) groups excluding carboxylic acids is 2. The van der Waals surface area contributed by atoms with Crippen LogP contribution in [-0.2, 0) is 20.9 Å². The number of nitrogens with one attached hydrogen (secondary N) is 1. The molecular formula is C20H18F3N3O4. The number of ether oxygens (including phenoxy) is 2. The summed E-state index contributed by atoms with van der Waals surface area (Å²) in [7, 11) is 0. The second kappa shape index (κ2) is 7.06. The number of imide groups is 1. The minimum atomic E-state index is -4.51. The largest absolute Gasteiger partial charge is 0.439 e. The summed E-state index contributed by atoms with van der Waals surface area (Å²) in [5.74, 6) is -0.544. The number of hydrogen-bond donors (Lipinski definition) is 1. The molecule has 2 aromatic rings. The van der Waals surface area contributed by atoms with Crippen molar-refractivity contribution in [3.05, 3.63) is 47.7 Å². The molecule has 2 aliphatic heterocycles. The predicted octanol–water partition coefficient (Wildman–Crippen LogP) is 3.25. The van der Waals surface area contributed by atoms with Crippen LogP contribution in [0.2, 0.25) is 0 Å². The van der Waals surface area contributed by atoms with Crippen molar-refractivity contribution in [2.45, 2.75) is 38.3 Å². The summed E-state index contributed by atoms with van der Waals surface area (Å²) < 4.78 is 49.7. The Morgan fingerprint density at radius 2 is 2.00 bits per heavy atom. The Labute approximate surface area is 169 Å². The smallest absolute Gasteiger partial charge is 0.418 e. The molecule has 1 fully saturated rings. The van der Waals surface area contributed by atoms with E-state index in [1.54, 1.807) is 13.8 Å². The molecule has 7 nitrogen and oxygen atoms in total. The first-order valence-corrected chi connectivity index (χ1v) is 9.14. The summed E-state index contributed by atoms with van der Waals surface area (Å²) >= 11 is 0. The van der Waals surface area contributed by atoms with Crippen LogP contribution in [0.4, 0.5) is 18.9 Å². The van der Waals surface area contributed by atoms with E-state index >= 15 is 0 Å². The summed E-state index contributed by atoms with van der Waals surface area (Å²) in [5, 5.41) is 2.86. The highest BCUT2D eigenvalue weighted by molar-refractivity contribution is 6.20. The lowest BCUT2D eigenvalue weighted by atomic mass is 10.00. The van der Waals surface area contributed by atoms with Crippen LogP contribution < -0.4 is 15.0 Å². The van der Waals surface area contributed by atoms with Gasteiger partial charge in [-0.2, -0.15) is 13.2 Å². The van der Waals surface area contributed by atoms with Gasteiger partial charge in [0.05, 0.1) is 30.6 Å². The monoisotopic (exact) mass is 421 g/mol. The van der Waals surface area contributed by atoms with Crippen LogP contribution in [-0.4, -0.2) is 35.1 Å². The zero-order chi connectivity index (χ0) is 21.7. The van der Waals surface area contributed by atoms with E-state index in [0.29, 0.717) is 5.56 Å². The lowest BCUT2D eigenvalue weighted by Crippen LogP contribution is -2.64. The average molecular weight is 421 g/mol. The highest BCUT2D eigenvalue weighted by atomic mass is 19.4. The molecule has 0 bridgehead atoms. The summed E-state index contributed by atoms with van der Waals surface area (Å²) in [6, 6.07) is 7.26. The zero-order valence-corrected chi connectivity index (χ0v) is 16.1. The molecule has 1 N–H and O–H groups in total. The number of benzene rings is 1. The van der Waals surface area contributed by atoms with Crippen LogP contribution in [0.3, 0.4) is 0 Å². The number of rotatable bonds is 3. The molecule has 10 heteroatoms. The van der Waals surface area contributed by atoms with Gasteiger partial charge in [-0.25, -0.2) is 9.88 Å². The van der Waals surface area contributed by atoms with E-state index in [0.717, 1.165) is 4.90 Å². The molecule has 0 radical (unpaired) electrons. The Hall–Kier alpha value is -2.98. The van der Waals surface area contributed by atoms with Gasteiger partial charge in [-0.15, -0.1) is 0 Å². The Balaban J connectivity index is 1.54. The third kappa shape index (κ3) is 3.63. The van der Waals surface area contributed by atoms with Gasteiger partial charge in [-0.1, -0.05) is 6.07 Å². The van der Waals surface area contributed by atoms with Gasteiger partial charge in [0.15, 0.2) is 6.10 Å². The molecule has 2 aliphatic rings. The van der Waals surface area contributed by atoms with Crippen molar-refractivity contribution in [1.29, 1.82) is 0 Å². The third-order valence-electron chi connectivity index (χ3n) is 4.97. The molecular weight excluding hydrogens is 403 g/mol. The fourth-order valence-corrected chi connectivity index (χ4v) is 3.34. The molecule has 1 aromatic carbocycles. The normalized spacial score (nSPS) is 21.0. The molecule has 0 spiro atoms. The van der Waals surface area contributed by atoms with Gasteiger partial charge in [-0.3, -0.25) is 14.9 Å². The quantitative estimate of drug-likeness (QED) is 0.767. The van der Waals surface area contributed by atoms with Crippen LogP contribution in [0.25, 0.3) is 0 Å². The summed E-state index contributed by atoms with van der Waals surface area (Å²) in [6.45, 7) is 3.24. The van der Waals surface area contributed by atoms with Crippen molar-refractivity contribution in [2.75, 3.05) is 11.4 Å². The Morgan fingerprint density at radius 3 is 2.67 bits per heavy atom. The average Bonchev–Trinajstić information content (AvgIpc) is 3.10. The van der Waals surface area contributed by atoms with E-state index in [2.05, 4.69) is 10.3 Å². The maximum Gasteiger partial charge on any atom is 0.418 e. The van der Waals surface area contributed by atoms with Crippen LogP contribution in [0.5, 0.6) is 11.6 Å². The van der Waals surface area contributed by atoms with Crippen LogP contribution in [0, 0.1) is 0 Å². The lowest BCUT2D eigenvalue weighted by Gasteiger charge is -2.36. The van der Waals surface area contributed by atoms with E-state index in [1.165, 1.54) is 36.5 Å². The lowest BCUT2D eigenvalue weighted by molar-refractivity contribution is -0.219. The Morgan fingerprint density at radius 1 is 1.23 bits per heavy atom. The van der Waals surface area contributed by atoms with E-state index in [4.69, 9.17) is 9.47 Å². The number of carbonyl (C=O) groups is 2. The van der Waals surface area contributed by atoms with E-state index < -0.39 is 29.6 Å². The molecule has 158 valence electrons. The van der Waals surface area contributed by atoms with Crippen LogP contribution >= 0.6 is 0 Å². The van der Waals surface area contributed by atoms with Crippen LogP contribution in [0.15, 0.2) is 36.5 Å². The number of halogens is 3. The Bertz CT molecular complexity index is 1010. The van der Waals surface area contributed by atoms with Crippen molar-refractivity contribution < 1.29 is 32.2 Å². The molecule has 30 heavy (non-hydrogen) atoms. The molecule has 2 amide bonds. The van der Waals surface area contributed by atoms with Gasteiger partial charge < -0.3 is 9.47 Å². The first-order valence-electron chi connectivity index (χ1n) is 9.14. The van der Waals surface area contributed by atoms with Gasteiger partial charge in [0.25, 0.3) is 5.91 Å². The molecule has 1 aromatic heterocycles. The van der Waals surface area contributed by atoms with Gasteiger partial charge in [0.1, 0.15) is 5.75 Å². The molecule has 4 rings (SSSR count). The first kappa shape index (κ1) is 20.3. The van der Waals surface area contributed by atoms with Gasteiger partial charge >= 0.3 is 6.18 Å². The van der Waals surface area contributed by atoms with Crippen molar-refractivity contribution in [3.8, 4) is 11.6 Å². The first-order chi connectivity index (χ1) is 14.1. The molecule has 3 heterocycles. The maximum absolute atomic E-state index is 13.1. The van der Waals surface area contributed by atoms with Crippen molar-refractivity contribution in [3.63, 3.8) is 0 Å². The Kier molecular flexibility index (Phi) is 4.78. The summed E-state index contributed by atoms with van der Waals surface area (Å²) in [4.78, 5) is 29.8. The second-order valence-corrected chi connectivity index (χ2v) is 7.56. The third-order valence-corrected chi connectivity index (χ3v) is 4.97. The van der Waals surface area contributed by atoms with Crippen molar-refractivity contribution in [1.82, 2.24) is 10.3 Å². The SMILES string of the molecule is CC1(C)NCC(=O)N(c2ccc(Oc3ccc4c(c3)C(C(F)(F)F)OC4)nc2)C1=O. The number of piperazine rings is 1. The number of fused-ring (bicyclic) bond motifs is 1. The highest BCUT2D eigenvalue weighted by Gasteiger charge is 2.46. The standard InChI is InChI=1S/C20H18F3N3O4/c1-19(2)18(28)26(16(27)9-25-19)12-4-6-15(24-8-12)30-13-5-3-11-10-29-17(14(11)7-13)20(21,22)23/h3-8,17,25H,9-10H2,1-2H3. The maximum atomic E-state index is 13.1. The van der Waals surface area contributed by atoms with E-state index in [9.17, 15) is 22.8 Å². The minimum absolute atomic E-state index is 0.00849. The number of nitrogens with zero attached hydrogens (tertiary/aromatic N) is 2. The fraction of sp³-hybridized carbons (Fsp3) is 0.350. The van der Waals surface area contributed by atoms with Gasteiger partial charge in [0, 0.05) is 6.07 Å². The minimum Gasteiger partial charge on any atom is -0.439 e. The number of alkyl halides is 3.